The third-order valence-electron chi connectivity index (χ3n) is 1.41. The van der Waals surface area contributed by atoms with Crippen LogP contribution < -0.4 is 0 Å². The van der Waals surface area contributed by atoms with Crippen molar-refractivity contribution < 1.29 is 4.79 Å². The number of alkyl halides is 1. The highest BCUT2D eigenvalue weighted by molar-refractivity contribution is 6.18. The zero-order valence-corrected chi connectivity index (χ0v) is 8.40. The molecule has 66 valence electrons. The van der Waals surface area contributed by atoms with Crippen molar-refractivity contribution in [3.63, 3.8) is 0 Å². The van der Waals surface area contributed by atoms with Gasteiger partial charge >= 0.3 is 0 Å². The summed E-state index contributed by atoms with van der Waals surface area (Å²) in [5, 5.41) is 0. The van der Waals surface area contributed by atoms with Crippen molar-refractivity contribution >= 4 is 17.5 Å². The van der Waals surface area contributed by atoms with E-state index in [1.807, 2.05) is 20.8 Å². The van der Waals surface area contributed by atoms with Crippen LogP contribution in [0.3, 0.4) is 0 Å². The van der Waals surface area contributed by atoms with Gasteiger partial charge in [-0.3, -0.25) is 4.79 Å². The van der Waals surface area contributed by atoms with Crippen LogP contribution in [0.2, 0.25) is 0 Å². The number of hydrogen-bond donors (Lipinski definition) is 0. The summed E-state index contributed by atoms with van der Waals surface area (Å²) >= 11 is 5.50. The van der Waals surface area contributed by atoms with Crippen LogP contribution in [0.1, 0.15) is 20.8 Å². The molecule has 0 unspecified atom stereocenters. The summed E-state index contributed by atoms with van der Waals surface area (Å²) in [7, 11) is 1.77. The molecule has 0 heterocycles. The van der Waals surface area contributed by atoms with Gasteiger partial charge in [-0.25, -0.2) is 0 Å². The Morgan fingerprint density at radius 1 is 1.45 bits per heavy atom. The number of nitrogens with zero attached hydrogens (tertiary/aromatic N) is 1. The number of halogens is 1. The predicted molar refractivity (Wildman–Crippen MR) is 47.8 cm³/mol. The van der Waals surface area contributed by atoms with Gasteiger partial charge in [-0.15, -0.1) is 11.6 Å². The van der Waals surface area contributed by atoms with Gasteiger partial charge in [-0.2, -0.15) is 0 Å². The molecule has 0 aliphatic rings. The van der Waals surface area contributed by atoms with Gasteiger partial charge in [0, 0.05) is 24.9 Å². The summed E-state index contributed by atoms with van der Waals surface area (Å²) in [5.74, 6) is 0.636. The Balaban J connectivity index is 4.03. The molecule has 3 heteroatoms. The SMILES string of the molecule is CN(CCCl)C(=O)C(C)(C)C. The Hall–Kier alpha value is -0.240. The second-order valence-electron chi connectivity index (χ2n) is 3.67. The third kappa shape index (κ3) is 3.61. The molecule has 0 aliphatic carbocycles. The zero-order chi connectivity index (χ0) is 9.07. The number of carbonyl (C=O) groups is 1. The highest BCUT2D eigenvalue weighted by atomic mass is 35.5. The van der Waals surface area contributed by atoms with Crippen LogP contribution in [-0.4, -0.2) is 30.3 Å². The lowest BCUT2D eigenvalue weighted by Gasteiger charge is -2.25. The van der Waals surface area contributed by atoms with Crippen LogP contribution in [0.15, 0.2) is 0 Å². The normalized spacial score (nSPS) is 11.4. The molecule has 1 amide bonds. The first-order valence-corrected chi connectivity index (χ1v) is 4.24. The van der Waals surface area contributed by atoms with Crippen molar-refractivity contribution in [2.24, 2.45) is 5.41 Å². The summed E-state index contributed by atoms with van der Waals surface area (Å²) in [5.41, 5.74) is -0.291. The molecule has 11 heavy (non-hydrogen) atoms. The van der Waals surface area contributed by atoms with E-state index < -0.39 is 0 Å². The van der Waals surface area contributed by atoms with Gasteiger partial charge in [0.15, 0.2) is 0 Å². The van der Waals surface area contributed by atoms with Crippen molar-refractivity contribution in [1.29, 1.82) is 0 Å². The van der Waals surface area contributed by atoms with Gasteiger partial charge in [-0.1, -0.05) is 20.8 Å². The van der Waals surface area contributed by atoms with Crippen LogP contribution in [0.5, 0.6) is 0 Å². The van der Waals surface area contributed by atoms with E-state index in [1.54, 1.807) is 11.9 Å². The maximum atomic E-state index is 11.4. The smallest absolute Gasteiger partial charge is 0.227 e. The maximum Gasteiger partial charge on any atom is 0.227 e. The topological polar surface area (TPSA) is 20.3 Å². The lowest BCUT2D eigenvalue weighted by atomic mass is 9.95. The highest BCUT2D eigenvalue weighted by Gasteiger charge is 2.24. The fraction of sp³-hybridized carbons (Fsp3) is 0.875. The van der Waals surface area contributed by atoms with E-state index in [-0.39, 0.29) is 11.3 Å². The van der Waals surface area contributed by atoms with Gasteiger partial charge < -0.3 is 4.90 Å². The van der Waals surface area contributed by atoms with Crippen LogP contribution >= 0.6 is 11.6 Å². The Morgan fingerprint density at radius 3 is 2.18 bits per heavy atom. The molecule has 0 saturated carbocycles. The molecule has 0 fully saturated rings. The average Bonchev–Trinajstić information content (AvgIpc) is 1.85. The lowest BCUT2D eigenvalue weighted by Crippen LogP contribution is -2.37. The molecule has 0 aromatic heterocycles. The van der Waals surface area contributed by atoms with Gasteiger partial charge in [0.25, 0.3) is 0 Å². The Bertz CT molecular complexity index is 140. The van der Waals surface area contributed by atoms with Crippen molar-refractivity contribution in [1.82, 2.24) is 4.90 Å². The summed E-state index contributed by atoms with van der Waals surface area (Å²) in [4.78, 5) is 13.1. The average molecular weight is 178 g/mol. The minimum absolute atomic E-state index is 0.137. The molecule has 0 aromatic carbocycles. The quantitative estimate of drug-likeness (QED) is 0.589. The largest absolute Gasteiger partial charge is 0.344 e. The second-order valence-corrected chi connectivity index (χ2v) is 4.04. The van der Waals surface area contributed by atoms with Crippen molar-refractivity contribution in [3.8, 4) is 0 Å². The van der Waals surface area contributed by atoms with Crippen LogP contribution in [0.25, 0.3) is 0 Å². The number of hydrogen-bond acceptors (Lipinski definition) is 1. The predicted octanol–water partition coefficient (Wildman–Crippen LogP) is 1.73. The first-order chi connectivity index (χ1) is 4.89. The van der Waals surface area contributed by atoms with Gasteiger partial charge in [-0.05, 0) is 0 Å². The van der Waals surface area contributed by atoms with Crippen LogP contribution in [-0.2, 0) is 4.79 Å². The van der Waals surface area contributed by atoms with Gasteiger partial charge in [0.05, 0.1) is 0 Å². The molecule has 0 rings (SSSR count). The first kappa shape index (κ1) is 10.8. The Morgan fingerprint density at radius 2 is 1.91 bits per heavy atom. The minimum Gasteiger partial charge on any atom is -0.344 e. The molecule has 0 atom stereocenters. The van der Waals surface area contributed by atoms with E-state index >= 15 is 0 Å². The Labute approximate surface area is 73.5 Å². The maximum absolute atomic E-state index is 11.4. The fourth-order valence-electron chi connectivity index (χ4n) is 0.801. The van der Waals surface area contributed by atoms with E-state index in [4.69, 9.17) is 11.6 Å². The zero-order valence-electron chi connectivity index (χ0n) is 7.65. The fourth-order valence-corrected chi connectivity index (χ4v) is 1.05. The van der Waals surface area contributed by atoms with E-state index in [0.29, 0.717) is 12.4 Å². The molecule has 0 saturated heterocycles. The molecular formula is C8H16ClNO. The van der Waals surface area contributed by atoms with E-state index in [9.17, 15) is 4.79 Å². The number of carbonyl (C=O) groups excluding carboxylic acids is 1. The van der Waals surface area contributed by atoms with E-state index in [0.717, 1.165) is 0 Å². The second kappa shape index (κ2) is 3.96. The standard InChI is InChI=1S/C8H16ClNO/c1-8(2,3)7(11)10(4)6-5-9/h5-6H2,1-4H3. The molecular weight excluding hydrogens is 162 g/mol. The van der Waals surface area contributed by atoms with E-state index in [2.05, 4.69) is 0 Å². The van der Waals surface area contributed by atoms with Crippen molar-refractivity contribution in [2.45, 2.75) is 20.8 Å². The molecule has 0 spiro atoms. The first-order valence-electron chi connectivity index (χ1n) is 3.71. The lowest BCUT2D eigenvalue weighted by molar-refractivity contribution is -0.137. The van der Waals surface area contributed by atoms with Crippen LogP contribution in [0, 0.1) is 5.41 Å². The third-order valence-corrected chi connectivity index (χ3v) is 1.58. The summed E-state index contributed by atoms with van der Waals surface area (Å²) in [6.45, 7) is 6.33. The monoisotopic (exact) mass is 177 g/mol. The van der Waals surface area contributed by atoms with Gasteiger partial charge in [0.1, 0.15) is 0 Å². The molecule has 2 nitrogen and oxygen atoms in total. The Kier molecular flexibility index (Phi) is 3.87. The summed E-state index contributed by atoms with van der Waals surface area (Å²) in [6, 6.07) is 0. The number of amides is 1. The van der Waals surface area contributed by atoms with Crippen molar-refractivity contribution in [2.75, 3.05) is 19.5 Å². The van der Waals surface area contributed by atoms with Gasteiger partial charge in [0.2, 0.25) is 5.91 Å². The highest BCUT2D eigenvalue weighted by Crippen LogP contribution is 2.15. The van der Waals surface area contributed by atoms with E-state index in [1.165, 1.54) is 0 Å². The molecule has 0 bridgehead atoms. The summed E-state index contributed by atoms with van der Waals surface area (Å²) < 4.78 is 0. The molecule has 0 aliphatic heterocycles. The van der Waals surface area contributed by atoms with Crippen molar-refractivity contribution in [3.05, 3.63) is 0 Å². The minimum atomic E-state index is -0.291. The number of rotatable bonds is 2. The molecule has 0 N–H and O–H groups in total. The summed E-state index contributed by atoms with van der Waals surface area (Å²) in [6.07, 6.45) is 0. The molecule has 0 radical (unpaired) electrons. The van der Waals surface area contributed by atoms with Crippen LogP contribution in [0.4, 0.5) is 0 Å². The molecule has 0 aromatic rings.